The number of nitrogens with one attached hydrogen (secondary N) is 5. The first-order chi connectivity index (χ1) is 40.1. The Kier molecular flexibility index (Phi) is 21.9. The molecule has 4 heterocycles. The van der Waals surface area contributed by atoms with Crippen LogP contribution in [0.5, 0.6) is 5.75 Å². The molecule has 0 saturated heterocycles. The monoisotopic (exact) mass is 1190 g/mol. The molecule has 0 aliphatic carbocycles. The van der Waals surface area contributed by atoms with Gasteiger partial charge in [-0.05, 0) is 98.5 Å². The third kappa shape index (κ3) is 18.0. The van der Waals surface area contributed by atoms with Crippen LogP contribution in [-0.4, -0.2) is 149 Å². The third-order valence-corrected chi connectivity index (χ3v) is 15.2. The Labute approximate surface area is 492 Å². The lowest BCUT2D eigenvalue weighted by atomic mass is 10.0. The molecule has 2 unspecified atom stereocenters. The lowest BCUT2D eigenvalue weighted by Crippen LogP contribution is -2.54. The van der Waals surface area contributed by atoms with Gasteiger partial charge in [0.15, 0.2) is 39.2 Å². The van der Waals surface area contributed by atoms with Crippen LogP contribution in [0, 0.1) is 30.5 Å². The second kappa shape index (κ2) is 29.4. The molecular formula is C58H67FN13O10S2+. The van der Waals surface area contributed by atoms with Crippen LogP contribution in [0.1, 0.15) is 71.6 Å². The summed E-state index contributed by atoms with van der Waals surface area (Å²) in [7, 11) is 5.73. The summed E-state index contributed by atoms with van der Waals surface area (Å²) in [5, 5.41) is 33.9. The molecule has 6 aromatic rings. The number of halogens is 1. The normalized spacial score (nSPS) is 12.8. The molecular weight excluding hydrogens is 1120 g/mol. The molecule has 84 heavy (non-hydrogen) atoms. The Bertz CT molecular complexity index is 3420. The SMILES string of the molecule is Cc1cc(N(C)c2nc(C(=O)O)c(CCCOc3ccc(C#CC[N+](C)(C)Cc4ccc(NC(=O)C(CCCNC(N)=O)NC(=O)C(NC(=O)CCOCCN5C(=O)C=CC5=O)C(C)C)cc4)cc3F)s2)nnc1Nc1nc2ccccc2s1. The first-order valence-corrected chi connectivity index (χ1v) is 28.6. The van der Waals surface area contributed by atoms with Crippen molar-refractivity contribution in [3.63, 3.8) is 0 Å². The average molecular weight is 1190 g/mol. The zero-order valence-electron chi connectivity index (χ0n) is 47.3. The topological polar surface area (TPSA) is 302 Å². The van der Waals surface area contributed by atoms with Gasteiger partial charge in [0.1, 0.15) is 25.2 Å². The third-order valence-electron chi connectivity index (χ3n) is 13.0. The Morgan fingerprint density at radius 1 is 0.905 bits per heavy atom. The number of fused-ring (bicyclic) bond motifs is 1. The number of hydrogen-bond donors (Lipinski definition) is 7. The number of carboxylic acid groups (broad SMARTS) is 1. The second-order valence-electron chi connectivity index (χ2n) is 20.6. The van der Waals surface area contributed by atoms with Crippen molar-refractivity contribution in [1.82, 2.24) is 41.0 Å². The number of ether oxygens (including phenoxy) is 2. The molecule has 26 heteroatoms. The van der Waals surface area contributed by atoms with Gasteiger partial charge in [-0.25, -0.2) is 23.9 Å². The van der Waals surface area contributed by atoms with E-state index in [2.05, 4.69) is 58.6 Å². The van der Waals surface area contributed by atoms with Gasteiger partial charge in [-0.2, -0.15) is 0 Å². The molecule has 0 fully saturated rings. The number of urea groups is 1. The van der Waals surface area contributed by atoms with Crippen molar-refractivity contribution in [3.05, 3.63) is 118 Å². The minimum Gasteiger partial charge on any atom is -0.491 e. The lowest BCUT2D eigenvalue weighted by molar-refractivity contribution is -0.896. The van der Waals surface area contributed by atoms with E-state index >= 15 is 4.39 Å². The maximum absolute atomic E-state index is 15.3. The van der Waals surface area contributed by atoms with E-state index in [0.29, 0.717) is 74.9 Å². The van der Waals surface area contributed by atoms with E-state index in [9.17, 15) is 38.7 Å². The van der Waals surface area contributed by atoms with E-state index in [-0.39, 0.29) is 63.1 Å². The quantitative estimate of drug-likeness (QED) is 0.0119. The fourth-order valence-corrected chi connectivity index (χ4v) is 10.5. The van der Waals surface area contributed by atoms with Gasteiger partial charge in [0.25, 0.3) is 11.8 Å². The van der Waals surface area contributed by atoms with Crippen molar-refractivity contribution in [2.24, 2.45) is 11.7 Å². The zero-order valence-corrected chi connectivity index (χ0v) is 49.0. The molecule has 0 saturated carbocycles. The van der Waals surface area contributed by atoms with Crippen molar-refractivity contribution in [3.8, 4) is 17.6 Å². The van der Waals surface area contributed by atoms with Crippen molar-refractivity contribution in [2.45, 2.75) is 71.5 Å². The van der Waals surface area contributed by atoms with Crippen LogP contribution >= 0.6 is 22.7 Å². The summed E-state index contributed by atoms with van der Waals surface area (Å²) in [6.07, 6.45) is 3.38. The molecule has 0 radical (unpaired) electrons. The first-order valence-electron chi connectivity index (χ1n) is 26.9. The van der Waals surface area contributed by atoms with Gasteiger partial charge < -0.3 is 56.3 Å². The number of hydrogen-bond acceptors (Lipinski definition) is 17. The summed E-state index contributed by atoms with van der Waals surface area (Å²) in [6.45, 7) is 6.65. The average Bonchev–Trinajstić information content (AvgIpc) is 3.94. The highest BCUT2D eigenvalue weighted by molar-refractivity contribution is 7.22. The predicted molar refractivity (Wildman–Crippen MR) is 316 cm³/mol. The fourth-order valence-electron chi connectivity index (χ4n) is 8.54. The van der Waals surface area contributed by atoms with Gasteiger partial charge in [0.2, 0.25) is 17.7 Å². The van der Waals surface area contributed by atoms with E-state index in [4.69, 9.17) is 15.2 Å². The number of para-hydroxylation sites is 1. The summed E-state index contributed by atoms with van der Waals surface area (Å²) in [5.74, 6) is 2.65. The maximum atomic E-state index is 15.3. The number of anilines is 5. The number of amides is 7. The highest BCUT2D eigenvalue weighted by Crippen LogP contribution is 2.33. The molecule has 1 aliphatic rings. The first kappa shape index (κ1) is 62.7. The van der Waals surface area contributed by atoms with Crippen LogP contribution in [-0.2, 0) is 41.7 Å². The number of benzene rings is 3. The van der Waals surface area contributed by atoms with Crippen molar-refractivity contribution in [2.75, 3.05) is 76.1 Å². The largest absolute Gasteiger partial charge is 0.491 e. The molecule has 1 aliphatic heterocycles. The van der Waals surface area contributed by atoms with Gasteiger partial charge in [-0.1, -0.05) is 55.4 Å². The van der Waals surface area contributed by atoms with Gasteiger partial charge in [-0.3, -0.25) is 28.9 Å². The molecule has 7 amide bonds. The minimum absolute atomic E-state index is 0.0249. The number of carboxylic acids is 1. The summed E-state index contributed by atoms with van der Waals surface area (Å²) in [4.78, 5) is 99.4. The van der Waals surface area contributed by atoms with Gasteiger partial charge in [0, 0.05) is 53.9 Å². The molecule has 0 bridgehead atoms. The molecule has 0 spiro atoms. The van der Waals surface area contributed by atoms with E-state index in [0.717, 1.165) is 26.2 Å². The number of nitrogens with zero attached hydrogens (tertiary/aromatic N) is 7. The van der Waals surface area contributed by atoms with Gasteiger partial charge >= 0.3 is 12.0 Å². The molecule has 2 atom stereocenters. The van der Waals surface area contributed by atoms with Crippen molar-refractivity contribution >= 4 is 102 Å². The smallest absolute Gasteiger partial charge is 0.355 e. The number of aromatic nitrogens is 4. The van der Waals surface area contributed by atoms with Crippen molar-refractivity contribution < 1.29 is 57.0 Å². The summed E-state index contributed by atoms with van der Waals surface area (Å²) >= 11 is 2.72. The second-order valence-corrected chi connectivity index (χ2v) is 22.7. The van der Waals surface area contributed by atoms with Crippen LogP contribution in [0.3, 0.4) is 0 Å². The molecule has 3 aromatic carbocycles. The number of carbonyl (C=O) groups is 7. The molecule has 3 aromatic heterocycles. The summed E-state index contributed by atoms with van der Waals surface area (Å²) in [6, 6.07) is 18.5. The van der Waals surface area contributed by atoms with Gasteiger partial charge in [-0.15, -0.1) is 21.5 Å². The zero-order chi connectivity index (χ0) is 60.5. The van der Waals surface area contributed by atoms with Crippen LogP contribution in [0.25, 0.3) is 10.2 Å². The summed E-state index contributed by atoms with van der Waals surface area (Å²) < 4.78 is 28.0. The summed E-state index contributed by atoms with van der Waals surface area (Å²) in [5.41, 5.74) is 8.69. The molecule has 442 valence electrons. The minimum atomic E-state index is -1.17. The number of primary amides is 1. The van der Waals surface area contributed by atoms with E-state index in [1.54, 1.807) is 44.0 Å². The number of rotatable bonds is 29. The van der Waals surface area contributed by atoms with Crippen molar-refractivity contribution in [1.29, 1.82) is 0 Å². The van der Waals surface area contributed by atoms with Crippen LogP contribution in [0.2, 0.25) is 0 Å². The highest BCUT2D eigenvalue weighted by atomic mass is 32.1. The van der Waals surface area contributed by atoms with Gasteiger partial charge in [0.05, 0.1) is 50.7 Å². The van der Waals surface area contributed by atoms with E-state index in [1.807, 2.05) is 63.5 Å². The number of carbonyl (C=O) groups excluding carboxylic acids is 6. The number of quaternary nitrogens is 1. The number of imide groups is 1. The Hall–Kier alpha value is -8.90. The van der Waals surface area contributed by atoms with E-state index in [1.165, 1.54) is 47.0 Å². The number of thiazole rings is 2. The van der Waals surface area contributed by atoms with Crippen LogP contribution < -0.4 is 42.0 Å². The maximum Gasteiger partial charge on any atom is 0.355 e. The lowest BCUT2D eigenvalue weighted by Gasteiger charge is -2.27. The standard InChI is InChI=1S/C58H66FN13O10S2/c1-35(2)50(65-47(73)25-30-81-31-27-71-48(74)23-24-49(71)75)54(77)63-42(14-9-26-61-56(60)80)53(76)62-39-20-17-38(18-21-39)34-72(5,6)28-10-12-37-19-22-43(40(59)33-37)82-29-11-16-45-51(55(78)79)66-58(84-45)70(4)46-32-36(3)52(69-68-46)67-57-64-41-13-7-8-15-44(41)83-57/h7-8,13,15,17-24,32-33,35,42,50H,9,11,14,16,25-31,34H2,1-6H3,(H7-,60,61,62,63,64,65,67,69,73,76,77,78,79,80)/p+1. The Morgan fingerprint density at radius 3 is 2.35 bits per heavy atom. The highest BCUT2D eigenvalue weighted by Gasteiger charge is 2.30. The molecule has 7 rings (SSSR count). The van der Waals surface area contributed by atoms with Crippen LogP contribution in [0.4, 0.5) is 36.8 Å². The Morgan fingerprint density at radius 2 is 1.65 bits per heavy atom. The predicted octanol–water partition coefficient (Wildman–Crippen LogP) is 6.18. The molecule has 23 nitrogen and oxygen atoms in total. The number of aryl methyl sites for hydroxylation is 2. The fraction of sp³-hybridized carbons (Fsp3) is 0.362. The number of aromatic carboxylic acids is 1. The Balaban J connectivity index is 0.856. The number of nitrogens with two attached hydrogens (primary N) is 1. The molecule has 8 N–H and O–H groups in total. The van der Waals surface area contributed by atoms with Crippen LogP contribution in [0.15, 0.2) is 84.9 Å². The van der Waals surface area contributed by atoms with E-state index < -0.39 is 59.4 Å².